The van der Waals surface area contributed by atoms with Crippen LogP contribution in [0.15, 0.2) is 42.5 Å². The van der Waals surface area contributed by atoms with Crippen molar-refractivity contribution < 1.29 is 14.4 Å². The molecular formula is C25H30Cl2N4O3. The summed E-state index contributed by atoms with van der Waals surface area (Å²) < 4.78 is 0. The van der Waals surface area contributed by atoms with Gasteiger partial charge in [0.1, 0.15) is 6.04 Å². The van der Waals surface area contributed by atoms with Crippen LogP contribution < -0.4 is 15.5 Å². The predicted octanol–water partition coefficient (Wildman–Crippen LogP) is 4.45. The van der Waals surface area contributed by atoms with Crippen LogP contribution in [0.1, 0.15) is 38.1 Å². The van der Waals surface area contributed by atoms with Crippen molar-refractivity contribution in [3.8, 4) is 0 Å². The number of hydrogen-bond acceptors (Lipinski definition) is 4. The number of anilines is 2. The highest BCUT2D eigenvalue weighted by Gasteiger charge is 2.37. The first-order valence-corrected chi connectivity index (χ1v) is 11.9. The lowest BCUT2D eigenvalue weighted by Gasteiger charge is -2.40. The van der Waals surface area contributed by atoms with E-state index in [1.165, 1.54) is 6.92 Å². The van der Waals surface area contributed by atoms with Crippen molar-refractivity contribution >= 4 is 52.3 Å². The summed E-state index contributed by atoms with van der Waals surface area (Å²) in [5, 5.41) is 6.59. The molecule has 1 heterocycles. The Labute approximate surface area is 210 Å². The van der Waals surface area contributed by atoms with E-state index >= 15 is 0 Å². The monoisotopic (exact) mass is 504 g/mol. The Morgan fingerprint density at radius 1 is 0.941 bits per heavy atom. The fourth-order valence-corrected chi connectivity index (χ4v) is 4.15. The molecule has 7 nitrogen and oxygen atoms in total. The number of carbonyl (C=O) groups excluding carboxylic acids is 3. The van der Waals surface area contributed by atoms with E-state index in [1.807, 2.05) is 32.9 Å². The number of carbonyl (C=O) groups is 3. The van der Waals surface area contributed by atoms with Crippen molar-refractivity contribution in [3.05, 3.63) is 58.1 Å². The third-order valence-corrected chi connectivity index (χ3v) is 6.43. The van der Waals surface area contributed by atoms with E-state index in [4.69, 9.17) is 23.2 Å². The molecule has 0 bridgehead atoms. The molecule has 1 atom stereocenters. The van der Waals surface area contributed by atoms with Crippen LogP contribution in [0.5, 0.6) is 0 Å². The van der Waals surface area contributed by atoms with E-state index in [2.05, 4.69) is 15.5 Å². The predicted molar refractivity (Wildman–Crippen MR) is 137 cm³/mol. The molecule has 0 radical (unpaired) electrons. The lowest BCUT2D eigenvalue weighted by atomic mass is 9.85. The van der Waals surface area contributed by atoms with Gasteiger partial charge in [-0.1, -0.05) is 50.0 Å². The van der Waals surface area contributed by atoms with Gasteiger partial charge in [0.2, 0.25) is 11.8 Å². The molecule has 2 N–H and O–H groups in total. The molecule has 0 aliphatic carbocycles. The molecule has 182 valence electrons. The Kier molecular flexibility index (Phi) is 8.10. The molecule has 1 aliphatic heterocycles. The van der Waals surface area contributed by atoms with Crippen LogP contribution in [-0.2, 0) is 9.59 Å². The fourth-order valence-electron chi connectivity index (χ4n) is 3.85. The third-order valence-electron chi connectivity index (χ3n) is 5.69. The van der Waals surface area contributed by atoms with Crippen LogP contribution in [0.2, 0.25) is 10.0 Å². The van der Waals surface area contributed by atoms with Gasteiger partial charge in [-0.05, 0) is 41.8 Å². The largest absolute Gasteiger partial charge is 0.368 e. The average molecular weight is 505 g/mol. The van der Waals surface area contributed by atoms with Crippen LogP contribution in [-0.4, -0.2) is 54.8 Å². The summed E-state index contributed by atoms with van der Waals surface area (Å²) in [4.78, 5) is 41.7. The Hall–Kier alpha value is -2.77. The first-order valence-electron chi connectivity index (χ1n) is 11.1. The second-order valence-corrected chi connectivity index (χ2v) is 10.3. The van der Waals surface area contributed by atoms with Gasteiger partial charge in [0.05, 0.1) is 10.0 Å². The second kappa shape index (κ2) is 10.7. The first kappa shape index (κ1) is 25.8. The lowest BCUT2D eigenvalue weighted by Crippen LogP contribution is -2.58. The normalized spacial score (nSPS) is 15.0. The number of rotatable bonds is 5. The minimum atomic E-state index is -0.707. The summed E-state index contributed by atoms with van der Waals surface area (Å²) in [6, 6.07) is 11.4. The van der Waals surface area contributed by atoms with E-state index in [0.29, 0.717) is 47.5 Å². The molecule has 3 rings (SSSR count). The zero-order valence-electron chi connectivity index (χ0n) is 19.8. The first-order chi connectivity index (χ1) is 16.0. The van der Waals surface area contributed by atoms with Gasteiger partial charge in [0, 0.05) is 50.0 Å². The molecule has 0 aromatic heterocycles. The zero-order chi connectivity index (χ0) is 25.0. The molecule has 0 unspecified atom stereocenters. The summed E-state index contributed by atoms with van der Waals surface area (Å²) in [7, 11) is 0. The molecule has 1 saturated heterocycles. The minimum absolute atomic E-state index is 0.118. The standard InChI is InChI=1S/C25H30Cl2N4O3/c1-16(32)28-18-7-5-6-17(14-18)23(33)29-22(25(2,3)4)24(34)31-12-10-30(11-13-31)19-8-9-20(26)21(27)15-19/h5-9,14-15,22H,10-13H2,1-4H3,(H,28,32)(H,29,33)/t22-/m0/s1. The molecule has 0 saturated carbocycles. The van der Waals surface area contributed by atoms with Gasteiger partial charge in [-0.15, -0.1) is 0 Å². The Balaban J connectivity index is 1.69. The molecule has 1 aliphatic rings. The molecule has 34 heavy (non-hydrogen) atoms. The Morgan fingerprint density at radius 3 is 2.21 bits per heavy atom. The van der Waals surface area contributed by atoms with Crippen molar-refractivity contribution in [1.29, 1.82) is 0 Å². The highest BCUT2D eigenvalue weighted by Crippen LogP contribution is 2.28. The van der Waals surface area contributed by atoms with Crippen molar-refractivity contribution in [1.82, 2.24) is 10.2 Å². The summed E-state index contributed by atoms with van der Waals surface area (Å²) in [5.74, 6) is -0.706. The Morgan fingerprint density at radius 2 is 1.62 bits per heavy atom. The van der Waals surface area contributed by atoms with Crippen molar-refractivity contribution in [2.24, 2.45) is 5.41 Å². The number of nitrogens with zero attached hydrogens (tertiary/aromatic N) is 2. The van der Waals surface area contributed by atoms with E-state index in [0.717, 1.165) is 5.69 Å². The summed E-state index contributed by atoms with van der Waals surface area (Å²) >= 11 is 12.2. The maximum Gasteiger partial charge on any atom is 0.252 e. The van der Waals surface area contributed by atoms with Gasteiger partial charge in [-0.2, -0.15) is 0 Å². The van der Waals surface area contributed by atoms with Crippen LogP contribution in [0.3, 0.4) is 0 Å². The van der Waals surface area contributed by atoms with Crippen LogP contribution >= 0.6 is 23.2 Å². The van der Waals surface area contributed by atoms with E-state index in [-0.39, 0.29) is 17.7 Å². The second-order valence-electron chi connectivity index (χ2n) is 9.45. The number of amides is 3. The summed E-state index contributed by atoms with van der Waals surface area (Å²) in [6.07, 6.45) is 0. The average Bonchev–Trinajstić information content (AvgIpc) is 2.78. The van der Waals surface area contributed by atoms with Gasteiger partial charge >= 0.3 is 0 Å². The molecule has 9 heteroatoms. The van der Waals surface area contributed by atoms with Gasteiger partial charge in [-0.25, -0.2) is 0 Å². The van der Waals surface area contributed by atoms with Crippen LogP contribution in [0, 0.1) is 5.41 Å². The third kappa shape index (κ3) is 6.42. The number of benzene rings is 2. The lowest BCUT2D eigenvalue weighted by molar-refractivity contribution is -0.136. The molecule has 0 spiro atoms. The van der Waals surface area contributed by atoms with E-state index in [1.54, 1.807) is 35.2 Å². The molecule has 2 aromatic carbocycles. The van der Waals surface area contributed by atoms with Crippen LogP contribution in [0.25, 0.3) is 0 Å². The topological polar surface area (TPSA) is 81.8 Å². The zero-order valence-corrected chi connectivity index (χ0v) is 21.3. The van der Waals surface area contributed by atoms with E-state index < -0.39 is 11.5 Å². The van der Waals surface area contributed by atoms with Crippen molar-refractivity contribution in [2.45, 2.75) is 33.7 Å². The van der Waals surface area contributed by atoms with Gasteiger partial charge < -0.3 is 20.4 Å². The molecule has 1 fully saturated rings. The summed E-state index contributed by atoms with van der Waals surface area (Å²) in [5.41, 5.74) is 1.36. The van der Waals surface area contributed by atoms with Gasteiger partial charge in [0.15, 0.2) is 0 Å². The maximum absolute atomic E-state index is 13.5. The SMILES string of the molecule is CC(=O)Nc1cccc(C(=O)N[C@@H](C(=O)N2CCN(c3ccc(Cl)c(Cl)c3)CC2)C(C)(C)C)c1. The highest BCUT2D eigenvalue weighted by atomic mass is 35.5. The number of hydrogen-bond donors (Lipinski definition) is 2. The number of nitrogens with one attached hydrogen (secondary N) is 2. The fraction of sp³-hybridized carbons (Fsp3) is 0.400. The maximum atomic E-state index is 13.5. The van der Waals surface area contributed by atoms with Gasteiger partial charge in [0.25, 0.3) is 5.91 Å². The summed E-state index contributed by atoms with van der Waals surface area (Å²) in [6.45, 7) is 9.53. The minimum Gasteiger partial charge on any atom is -0.368 e. The van der Waals surface area contributed by atoms with Crippen molar-refractivity contribution in [3.63, 3.8) is 0 Å². The number of piperazine rings is 1. The quantitative estimate of drug-likeness (QED) is 0.630. The molecule has 2 aromatic rings. The number of halogens is 2. The molecular weight excluding hydrogens is 475 g/mol. The highest BCUT2D eigenvalue weighted by molar-refractivity contribution is 6.42. The molecule has 3 amide bonds. The van der Waals surface area contributed by atoms with Gasteiger partial charge in [-0.3, -0.25) is 14.4 Å². The smallest absolute Gasteiger partial charge is 0.252 e. The Bertz CT molecular complexity index is 1080. The van der Waals surface area contributed by atoms with Crippen LogP contribution in [0.4, 0.5) is 11.4 Å². The van der Waals surface area contributed by atoms with E-state index in [9.17, 15) is 14.4 Å². The van der Waals surface area contributed by atoms with Crippen molar-refractivity contribution in [2.75, 3.05) is 36.4 Å².